The van der Waals surface area contributed by atoms with E-state index in [0.29, 0.717) is 5.92 Å². The van der Waals surface area contributed by atoms with E-state index in [4.69, 9.17) is 0 Å². The van der Waals surface area contributed by atoms with Gasteiger partial charge >= 0.3 is 0 Å². The van der Waals surface area contributed by atoms with Crippen molar-refractivity contribution in [2.45, 2.75) is 45.6 Å². The van der Waals surface area contributed by atoms with Crippen LogP contribution in [-0.2, 0) is 13.0 Å². The van der Waals surface area contributed by atoms with E-state index in [-0.39, 0.29) is 0 Å². The highest BCUT2D eigenvalue weighted by atomic mass is 15.4. The van der Waals surface area contributed by atoms with Crippen LogP contribution in [0.5, 0.6) is 0 Å². The zero-order chi connectivity index (χ0) is 8.55. The number of rotatable bonds is 1. The van der Waals surface area contributed by atoms with Crippen molar-refractivity contribution in [3.63, 3.8) is 0 Å². The third-order valence-electron chi connectivity index (χ3n) is 2.51. The van der Waals surface area contributed by atoms with Crippen LogP contribution in [0.2, 0.25) is 0 Å². The standard InChI is InChI=1S/C9H15N3/c1-3-8-10-9-7(2)5-4-6-12(9)11-8/h7H,3-6H2,1-2H3. The maximum atomic E-state index is 4.50. The van der Waals surface area contributed by atoms with E-state index in [2.05, 4.69) is 28.6 Å². The molecule has 1 aromatic heterocycles. The maximum Gasteiger partial charge on any atom is 0.150 e. The molecule has 1 aliphatic heterocycles. The first kappa shape index (κ1) is 7.77. The van der Waals surface area contributed by atoms with Gasteiger partial charge in [0, 0.05) is 18.9 Å². The van der Waals surface area contributed by atoms with Crippen LogP contribution >= 0.6 is 0 Å². The molecule has 66 valence electrons. The predicted octanol–water partition coefficient (Wildman–Crippen LogP) is 1.74. The fraction of sp³-hybridized carbons (Fsp3) is 0.778. The van der Waals surface area contributed by atoms with E-state index < -0.39 is 0 Å². The summed E-state index contributed by atoms with van der Waals surface area (Å²) in [5.74, 6) is 2.79. The molecule has 0 fully saturated rings. The Morgan fingerprint density at radius 2 is 2.42 bits per heavy atom. The molecule has 0 amide bonds. The SMILES string of the molecule is CCc1nc2n(n1)CCCC2C. The highest BCUT2D eigenvalue weighted by Crippen LogP contribution is 2.24. The molecule has 12 heavy (non-hydrogen) atoms. The van der Waals surface area contributed by atoms with Crippen molar-refractivity contribution in [2.75, 3.05) is 0 Å². The summed E-state index contributed by atoms with van der Waals surface area (Å²) in [4.78, 5) is 4.50. The summed E-state index contributed by atoms with van der Waals surface area (Å²) in [6.45, 7) is 5.40. The van der Waals surface area contributed by atoms with E-state index in [1.165, 1.54) is 18.7 Å². The van der Waals surface area contributed by atoms with E-state index in [9.17, 15) is 0 Å². The second-order valence-electron chi connectivity index (χ2n) is 3.51. The smallest absolute Gasteiger partial charge is 0.150 e. The van der Waals surface area contributed by atoms with E-state index in [0.717, 1.165) is 18.8 Å². The van der Waals surface area contributed by atoms with Gasteiger partial charge in [-0.15, -0.1) is 0 Å². The van der Waals surface area contributed by atoms with Crippen molar-refractivity contribution in [3.8, 4) is 0 Å². The first-order chi connectivity index (χ1) is 5.81. The van der Waals surface area contributed by atoms with Gasteiger partial charge in [-0.25, -0.2) is 9.67 Å². The minimum Gasteiger partial charge on any atom is -0.250 e. The fourth-order valence-corrected chi connectivity index (χ4v) is 1.76. The minimum atomic E-state index is 0.603. The molecule has 0 N–H and O–H groups in total. The molecule has 0 saturated carbocycles. The molecule has 3 heteroatoms. The second-order valence-corrected chi connectivity index (χ2v) is 3.51. The Hall–Kier alpha value is -0.860. The molecular formula is C9H15N3. The van der Waals surface area contributed by atoms with Gasteiger partial charge in [0.2, 0.25) is 0 Å². The lowest BCUT2D eigenvalue weighted by atomic mass is 10.0. The largest absolute Gasteiger partial charge is 0.250 e. The number of nitrogens with zero attached hydrogens (tertiary/aromatic N) is 3. The van der Waals surface area contributed by atoms with Crippen LogP contribution in [0.4, 0.5) is 0 Å². The summed E-state index contributed by atoms with van der Waals surface area (Å²) in [6, 6.07) is 0. The zero-order valence-electron chi connectivity index (χ0n) is 7.75. The zero-order valence-corrected chi connectivity index (χ0v) is 7.75. The van der Waals surface area contributed by atoms with Crippen LogP contribution in [0.1, 0.15) is 44.3 Å². The first-order valence-corrected chi connectivity index (χ1v) is 4.75. The van der Waals surface area contributed by atoms with Gasteiger partial charge in [0.25, 0.3) is 0 Å². The van der Waals surface area contributed by atoms with Gasteiger partial charge in [-0.1, -0.05) is 13.8 Å². The lowest BCUT2D eigenvalue weighted by Crippen LogP contribution is -2.14. The molecule has 0 radical (unpaired) electrons. The third kappa shape index (κ3) is 1.13. The van der Waals surface area contributed by atoms with Gasteiger partial charge < -0.3 is 0 Å². The van der Waals surface area contributed by atoms with Crippen LogP contribution in [0.3, 0.4) is 0 Å². The molecule has 1 aliphatic rings. The normalized spacial score (nSPS) is 22.3. The molecule has 0 spiro atoms. The molecule has 1 atom stereocenters. The Morgan fingerprint density at radius 1 is 1.58 bits per heavy atom. The van der Waals surface area contributed by atoms with Crippen molar-refractivity contribution in [1.82, 2.24) is 14.8 Å². The molecule has 0 saturated heterocycles. The number of hydrogen-bond donors (Lipinski definition) is 0. The molecule has 0 bridgehead atoms. The molecule has 1 unspecified atom stereocenters. The third-order valence-corrected chi connectivity index (χ3v) is 2.51. The van der Waals surface area contributed by atoms with E-state index >= 15 is 0 Å². The van der Waals surface area contributed by atoms with Gasteiger partial charge in [-0.3, -0.25) is 0 Å². The molecule has 0 aromatic carbocycles. The molecule has 2 rings (SSSR count). The Labute approximate surface area is 72.8 Å². The topological polar surface area (TPSA) is 30.7 Å². The fourth-order valence-electron chi connectivity index (χ4n) is 1.76. The van der Waals surface area contributed by atoms with Crippen LogP contribution in [0, 0.1) is 0 Å². The van der Waals surface area contributed by atoms with Crippen LogP contribution in [0.25, 0.3) is 0 Å². The average Bonchev–Trinajstić information content (AvgIpc) is 2.49. The number of fused-ring (bicyclic) bond motifs is 1. The van der Waals surface area contributed by atoms with Crippen molar-refractivity contribution in [2.24, 2.45) is 0 Å². The summed E-state index contributed by atoms with van der Waals surface area (Å²) in [7, 11) is 0. The number of aromatic nitrogens is 3. The molecule has 3 nitrogen and oxygen atoms in total. The second kappa shape index (κ2) is 2.88. The summed E-state index contributed by atoms with van der Waals surface area (Å²) in [5.41, 5.74) is 0. The van der Waals surface area contributed by atoms with Gasteiger partial charge in [0.1, 0.15) is 5.82 Å². The van der Waals surface area contributed by atoms with Gasteiger partial charge in [-0.05, 0) is 12.8 Å². The van der Waals surface area contributed by atoms with Crippen molar-refractivity contribution >= 4 is 0 Å². The van der Waals surface area contributed by atoms with Crippen LogP contribution in [-0.4, -0.2) is 14.8 Å². The Balaban J connectivity index is 2.37. The monoisotopic (exact) mass is 165 g/mol. The van der Waals surface area contributed by atoms with E-state index in [1.54, 1.807) is 0 Å². The predicted molar refractivity (Wildman–Crippen MR) is 47.0 cm³/mol. The summed E-state index contributed by atoms with van der Waals surface area (Å²) in [6.07, 6.45) is 3.47. The van der Waals surface area contributed by atoms with Gasteiger partial charge in [0.05, 0.1) is 0 Å². The lowest BCUT2D eigenvalue weighted by Gasteiger charge is -2.17. The highest BCUT2D eigenvalue weighted by Gasteiger charge is 2.19. The molecule has 1 aromatic rings. The summed E-state index contributed by atoms with van der Waals surface area (Å²) < 4.78 is 2.08. The highest BCUT2D eigenvalue weighted by molar-refractivity contribution is 5.01. The van der Waals surface area contributed by atoms with Crippen LogP contribution < -0.4 is 0 Å². The molecule has 2 heterocycles. The maximum absolute atomic E-state index is 4.50. The number of hydrogen-bond acceptors (Lipinski definition) is 2. The number of aryl methyl sites for hydroxylation is 2. The quantitative estimate of drug-likeness (QED) is 0.634. The Kier molecular flexibility index (Phi) is 1.87. The molecular weight excluding hydrogens is 150 g/mol. The Bertz CT molecular complexity index is 277. The summed E-state index contributed by atoms with van der Waals surface area (Å²) in [5, 5.41) is 4.43. The van der Waals surface area contributed by atoms with Crippen molar-refractivity contribution in [3.05, 3.63) is 11.6 Å². The van der Waals surface area contributed by atoms with E-state index in [1.807, 2.05) is 0 Å². The first-order valence-electron chi connectivity index (χ1n) is 4.75. The van der Waals surface area contributed by atoms with Crippen molar-refractivity contribution in [1.29, 1.82) is 0 Å². The van der Waals surface area contributed by atoms with Gasteiger partial charge in [-0.2, -0.15) is 5.10 Å². The Morgan fingerprint density at radius 3 is 3.08 bits per heavy atom. The summed E-state index contributed by atoms with van der Waals surface area (Å²) >= 11 is 0. The van der Waals surface area contributed by atoms with Crippen molar-refractivity contribution < 1.29 is 0 Å². The van der Waals surface area contributed by atoms with Crippen LogP contribution in [0.15, 0.2) is 0 Å². The minimum absolute atomic E-state index is 0.603. The average molecular weight is 165 g/mol. The lowest BCUT2D eigenvalue weighted by molar-refractivity contribution is 0.431. The molecule has 0 aliphatic carbocycles. The van der Waals surface area contributed by atoms with Gasteiger partial charge in [0.15, 0.2) is 5.82 Å².